The Morgan fingerprint density at radius 1 is 1.11 bits per heavy atom. The van der Waals surface area contributed by atoms with Gasteiger partial charge in [0.15, 0.2) is 6.04 Å². The van der Waals surface area contributed by atoms with Crippen LogP contribution < -0.4 is 9.80 Å². The Morgan fingerprint density at radius 2 is 1.79 bits per heavy atom. The second-order valence-electron chi connectivity index (χ2n) is 6.17. The lowest BCUT2D eigenvalue weighted by Gasteiger charge is -2.31. The summed E-state index contributed by atoms with van der Waals surface area (Å²) in [6.45, 7) is -0.0718. The van der Waals surface area contributed by atoms with Crippen LogP contribution in [0.3, 0.4) is 0 Å². The standard InChI is InChI=1S/C19H16ClF3N2O3/c1-28-17(26)16-11-24(12-6-3-2-4-7-12)10-13-14(20)8-5-9-15(13)25(16)18(27)19(21,22)23/h2-9,16H,10-11H2,1H3. The fourth-order valence-electron chi connectivity index (χ4n) is 3.18. The largest absolute Gasteiger partial charge is 0.471 e. The van der Waals surface area contributed by atoms with E-state index in [1.165, 1.54) is 18.2 Å². The minimum atomic E-state index is -5.17. The number of carbonyl (C=O) groups excluding carboxylic acids is 2. The molecular formula is C19H16ClF3N2O3. The van der Waals surface area contributed by atoms with E-state index < -0.39 is 24.1 Å². The number of nitrogens with zero attached hydrogens (tertiary/aromatic N) is 2. The van der Waals surface area contributed by atoms with E-state index in [1.807, 2.05) is 0 Å². The lowest BCUT2D eigenvalue weighted by atomic mass is 10.1. The van der Waals surface area contributed by atoms with Gasteiger partial charge in [-0.2, -0.15) is 13.2 Å². The summed E-state index contributed by atoms with van der Waals surface area (Å²) < 4.78 is 44.7. The summed E-state index contributed by atoms with van der Waals surface area (Å²) in [5.41, 5.74) is 0.921. The molecule has 2 aromatic carbocycles. The van der Waals surface area contributed by atoms with Crippen LogP contribution in [0.4, 0.5) is 24.5 Å². The van der Waals surface area contributed by atoms with Crippen LogP contribution in [0, 0.1) is 0 Å². The first-order valence-corrected chi connectivity index (χ1v) is 8.67. The summed E-state index contributed by atoms with van der Waals surface area (Å²) in [7, 11) is 1.06. The Labute approximate surface area is 164 Å². The number of hydrogen-bond donors (Lipinski definition) is 0. The Bertz CT molecular complexity index is 890. The molecule has 2 aromatic rings. The van der Waals surface area contributed by atoms with E-state index in [9.17, 15) is 22.8 Å². The van der Waals surface area contributed by atoms with Crippen LogP contribution in [0.5, 0.6) is 0 Å². The smallest absolute Gasteiger partial charge is 0.467 e. The quantitative estimate of drug-likeness (QED) is 0.704. The molecule has 1 unspecified atom stereocenters. The van der Waals surface area contributed by atoms with Crippen LogP contribution in [0.1, 0.15) is 5.56 Å². The highest BCUT2D eigenvalue weighted by molar-refractivity contribution is 6.32. The molecular weight excluding hydrogens is 397 g/mol. The topological polar surface area (TPSA) is 49.9 Å². The van der Waals surface area contributed by atoms with Crippen molar-refractivity contribution >= 4 is 34.9 Å². The first kappa shape index (κ1) is 20.0. The van der Waals surface area contributed by atoms with E-state index in [1.54, 1.807) is 35.2 Å². The van der Waals surface area contributed by atoms with E-state index in [-0.39, 0.29) is 23.8 Å². The number of ether oxygens (including phenoxy) is 1. The van der Waals surface area contributed by atoms with Gasteiger partial charge in [0.25, 0.3) is 0 Å². The fraction of sp³-hybridized carbons (Fsp3) is 0.263. The monoisotopic (exact) mass is 412 g/mol. The van der Waals surface area contributed by atoms with Crippen LogP contribution >= 0.6 is 11.6 Å². The van der Waals surface area contributed by atoms with Crippen LogP contribution in [0.15, 0.2) is 48.5 Å². The Morgan fingerprint density at radius 3 is 2.39 bits per heavy atom. The van der Waals surface area contributed by atoms with Crippen molar-refractivity contribution < 1.29 is 27.5 Å². The Balaban J connectivity index is 2.20. The SMILES string of the molecule is COC(=O)C1CN(c2ccccc2)Cc2c(Cl)cccc2N1C(=O)C(F)(F)F. The second kappa shape index (κ2) is 7.71. The van der Waals surface area contributed by atoms with E-state index in [4.69, 9.17) is 16.3 Å². The predicted octanol–water partition coefficient (Wildman–Crippen LogP) is 3.80. The van der Waals surface area contributed by atoms with Gasteiger partial charge in [-0.3, -0.25) is 9.69 Å². The summed E-state index contributed by atoms with van der Waals surface area (Å²) in [5.74, 6) is -3.10. The molecule has 1 atom stereocenters. The van der Waals surface area contributed by atoms with Crippen LogP contribution in [-0.4, -0.2) is 37.7 Å². The van der Waals surface area contributed by atoms with Gasteiger partial charge < -0.3 is 9.64 Å². The van der Waals surface area contributed by atoms with Crippen molar-refractivity contribution in [2.75, 3.05) is 23.5 Å². The highest BCUT2D eigenvalue weighted by atomic mass is 35.5. The number of rotatable bonds is 2. The summed E-state index contributed by atoms with van der Waals surface area (Å²) >= 11 is 6.25. The van der Waals surface area contributed by atoms with Gasteiger partial charge in [-0.25, -0.2) is 4.79 Å². The molecule has 1 heterocycles. The zero-order valence-electron chi connectivity index (χ0n) is 14.7. The molecule has 0 saturated heterocycles. The van der Waals surface area contributed by atoms with Gasteiger partial charge in [-0.05, 0) is 24.3 Å². The minimum absolute atomic E-state index is 0.0661. The molecule has 0 spiro atoms. The number of fused-ring (bicyclic) bond motifs is 1. The first-order chi connectivity index (χ1) is 13.2. The second-order valence-corrected chi connectivity index (χ2v) is 6.57. The molecule has 0 bridgehead atoms. The molecule has 1 aliphatic heterocycles. The first-order valence-electron chi connectivity index (χ1n) is 8.29. The van der Waals surface area contributed by atoms with Crippen molar-refractivity contribution in [3.8, 4) is 0 Å². The third-order valence-electron chi connectivity index (χ3n) is 4.46. The molecule has 0 aromatic heterocycles. The molecule has 0 fully saturated rings. The van der Waals surface area contributed by atoms with Crippen molar-refractivity contribution in [1.29, 1.82) is 0 Å². The van der Waals surface area contributed by atoms with Crippen molar-refractivity contribution in [3.63, 3.8) is 0 Å². The van der Waals surface area contributed by atoms with Gasteiger partial charge in [0.1, 0.15) is 0 Å². The average molecular weight is 413 g/mol. The van der Waals surface area contributed by atoms with Gasteiger partial charge >= 0.3 is 18.1 Å². The number of alkyl halides is 3. The minimum Gasteiger partial charge on any atom is -0.467 e. The lowest BCUT2D eigenvalue weighted by molar-refractivity contribution is -0.171. The molecule has 1 aliphatic rings. The zero-order valence-corrected chi connectivity index (χ0v) is 15.5. The number of amides is 1. The predicted molar refractivity (Wildman–Crippen MR) is 98.3 cm³/mol. The number of methoxy groups -OCH3 is 1. The molecule has 9 heteroatoms. The average Bonchev–Trinajstić information content (AvgIpc) is 2.85. The highest BCUT2D eigenvalue weighted by Crippen LogP contribution is 2.37. The molecule has 5 nitrogen and oxygen atoms in total. The number of esters is 1. The number of para-hydroxylation sites is 1. The van der Waals surface area contributed by atoms with Crippen molar-refractivity contribution in [2.45, 2.75) is 18.8 Å². The van der Waals surface area contributed by atoms with Gasteiger partial charge in [-0.15, -0.1) is 0 Å². The maximum absolute atomic E-state index is 13.3. The third kappa shape index (κ3) is 3.77. The summed E-state index contributed by atoms with van der Waals surface area (Å²) in [6, 6.07) is 11.6. The maximum atomic E-state index is 13.3. The lowest BCUT2D eigenvalue weighted by Crippen LogP contribution is -2.54. The normalized spacial score (nSPS) is 17.0. The molecule has 28 heavy (non-hydrogen) atoms. The number of halogens is 4. The molecule has 148 valence electrons. The van der Waals surface area contributed by atoms with Gasteiger partial charge in [0.05, 0.1) is 12.8 Å². The maximum Gasteiger partial charge on any atom is 0.471 e. The van der Waals surface area contributed by atoms with Crippen LogP contribution in [0.25, 0.3) is 0 Å². The summed E-state index contributed by atoms with van der Waals surface area (Å²) in [5, 5.41) is 0.198. The van der Waals surface area contributed by atoms with Crippen LogP contribution in [-0.2, 0) is 20.9 Å². The number of carbonyl (C=O) groups is 2. The van der Waals surface area contributed by atoms with Gasteiger partial charge in [0, 0.05) is 29.4 Å². The van der Waals surface area contributed by atoms with Crippen molar-refractivity contribution in [3.05, 3.63) is 59.1 Å². The highest BCUT2D eigenvalue weighted by Gasteiger charge is 2.49. The Hall–Kier alpha value is -2.74. The molecule has 0 N–H and O–H groups in total. The fourth-order valence-corrected chi connectivity index (χ4v) is 3.41. The van der Waals surface area contributed by atoms with Gasteiger partial charge in [0.2, 0.25) is 0 Å². The number of benzene rings is 2. The molecule has 0 radical (unpaired) electrons. The summed E-state index contributed by atoms with van der Waals surface area (Å²) in [6.07, 6.45) is -5.17. The molecule has 0 saturated carbocycles. The molecule has 1 amide bonds. The zero-order chi connectivity index (χ0) is 20.5. The van der Waals surface area contributed by atoms with Crippen molar-refractivity contribution in [2.24, 2.45) is 0 Å². The Kier molecular flexibility index (Phi) is 5.51. The van der Waals surface area contributed by atoms with E-state index in [2.05, 4.69) is 0 Å². The number of hydrogen-bond acceptors (Lipinski definition) is 4. The molecule has 0 aliphatic carbocycles. The van der Waals surface area contributed by atoms with Gasteiger partial charge in [-0.1, -0.05) is 35.9 Å². The van der Waals surface area contributed by atoms with E-state index in [0.29, 0.717) is 16.2 Å². The summed E-state index contributed by atoms with van der Waals surface area (Å²) in [4.78, 5) is 26.8. The molecule has 3 rings (SSSR count). The van der Waals surface area contributed by atoms with Crippen molar-refractivity contribution in [1.82, 2.24) is 0 Å². The number of anilines is 2. The van der Waals surface area contributed by atoms with E-state index >= 15 is 0 Å². The third-order valence-corrected chi connectivity index (χ3v) is 4.82. The van der Waals surface area contributed by atoms with E-state index in [0.717, 1.165) is 7.11 Å². The van der Waals surface area contributed by atoms with Crippen LogP contribution in [0.2, 0.25) is 5.02 Å².